The number of anilines is 1. The van der Waals surface area contributed by atoms with Gasteiger partial charge in [-0.1, -0.05) is 32.0 Å². The lowest BCUT2D eigenvalue weighted by molar-refractivity contribution is 0.0990. The fourth-order valence-electron chi connectivity index (χ4n) is 2.31. The second kappa shape index (κ2) is 6.62. The van der Waals surface area contributed by atoms with Gasteiger partial charge in [0.1, 0.15) is 5.82 Å². The van der Waals surface area contributed by atoms with E-state index < -0.39 is 5.91 Å². The van der Waals surface area contributed by atoms with Gasteiger partial charge in [0.2, 0.25) is 5.89 Å². The lowest BCUT2D eigenvalue weighted by Gasteiger charge is -2.12. The molecule has 0 atom stereocenters. The van der Waals surface area contributed by atoms with Crippen LogP contribution in [0.15, 0.2) is 52.9 Å². The Kier molecular flexibility index (Phi) is 4.37. The number of nitrogens with one attached hydrogen (secondary N) is 1. The van der Waals surface area contributed by atoms with Crippen LogP contribution in [0.2, 0.25) is 0 Å². The molecule has 1 amide bonds. The zero-order valence-electron chi connectivity index (χ0n) is 13.3. The fraction of sp³-hybridized carbons (Fsp3) is 0.167. The van der Waals surface area contributed by atoms with E-state index in [1.54, 1.807) is 0 Å². The number of carbonyl (C=O) groups excluding carboxylic acids is 1. The van der Waals surface area contributed by atoms with E-state index in [4.69, 9.17) is 4.42 Å². The van der Waals surface area contributed by atoms with Crippen LogP contribution < -0.4 is 5.32 Å². The molecule has 6 heteroatoms. The molecule has 0 unspecified atom stereocenters. The first-order valence-corrected chi connectivity index (χ1v) is 7.54. The summed E-state index contributed by atoms with van der Waals surface area (Å²) >= 11 is 0. The van der Waals surface area contributed by atoms with Gasteiger partial charge in [-0.3, -0.25) is 4.79 Å². The highest BCUT2D eigenvalue weighted by Crippen LogP contribution is 2.24. The van der Waals surface area contributed by atoms with Gasteiger partial charge in [-0.05, 0) is 41.8 Å². The average Bonchev–Trinajstić information content (AvgIpc) is 3.06. The lowest BCUT2D eigenvalue weighted by atomic mass is 10.0. The summed E-state index contributed by atoms with van der Waals surface area (Å²) in [5.41, 5.74) is 2.27. The Morgan fingerprint density at radius 1 is 1.08 bits per heavy atom. The molecule has 1 heterocycles. The van der Waals surface area contributed by atoms with Crippen LogP contribution in [0.3, 0.4) is 0 Å². The van der Waals surface area contributed by atoms with Gasteiger partial charge in [0, 0.05) is 11.3 Å². The van der Waals surface area contributed by atoms with Crippen LogP contribution in [-0.4, -0.2) is 16.1 Å². The highest BCUT2D eigenvalue weighted by molar-refractivity contribution is 6.01. The number of benzene rings is 2. The number of nitrogens with zero attached hydrogens (tertiary/aromatic N) is 2. The number of carbonyl (C=O) groups is 1. The van der Waals surface area contributed by atoms with Crippen molar-refractivity contribution in [3.05, 3.63) is 65.8 Å². The highest BCUT2D eigenvalue weighted by Gasteiger charge is 2.17. The Morgan fingerprint density at radius 2 is 1.79 bits per heavy atom. The summed E-state index contributed by atoms with van der Waals surface area (Å²) in [5, 5.41) is 10.4. The number of aromatic nitrogens is 2. The van der Waals surface area contributed by atoms with Crippen molar-refractivity contribution < 1.29 is 13.6 Å². The Labute approximate surface area is 138 Å². The van der Waals surface area contributed by atoms with Crippen LogP contribution in [0.1, 0.15) is 36.0 Å². The van der Waals surface area contributed by atoms with Crippen LogP contribution in [0.4, 0.5) is 10.1 Å². The molecule has 5 nitrogen and oxygen atoms in total. The summed E-state index contributed by atoms with van der Waals surface area (Å²) in [7, 11) is 0. The van der Waals surface area contributed by atoms with Gasteiger partial charge in [0.05, 0.1) is 0 Å². The highest BCUT2D eigenvalue weighted by atomic mass is 19.1. The molecular formula is C18H16FN3O2. The molecule has 0 fully saturated rings. The molecule has 0 spiro atoms. The monoisotopic (exact) mass is 325 g/mol. The molecule has 0 bridgehead atoms. The molecule has 0 aliphatic heterocycles. The predicted octanol–water partition coefficient (Wildman–Crippen LogP) is 4.25. The fourth-order valence-corrected chi connectivity index (χ4v) is 2.31. The van der Waals surface area contributed by atoms with E-state index in [9.17, 15) is 9.18 Å². The molecule has 1 N–H and O–H groups in total. The molecule has 2 aromatic carbocycles. The molecule has 1 aromatic heterocycles. The van der Waals surface area contributed by atoms with E-state index in [0.29, 0.717) is 11.3 Å². The normalized spacial score (nSPS) is 10.8. The maximum atomic E-state index is 13.0. The first kappa shape index (κ1) is 15.9. The summed E-state index contributed by atoms with van der Waals surface area (Å²) in [5.74, 6) is -0.561. The largest absolute Gasteiger partial charge is 0.412 e. The Balaban J connectivity index is 1.81. The van der Waals surface area contributed by atoms with Crippen molar-refractivity contribution in [2.45, 2.75) is 19.8 Å². The standard InChI is InChI=1S/C18H16FN3O2/c1-11(2)14-5-3-4-6-15(14)20-16(23)18-22-21-17(24-18)12-7-9-13(19)10-8-12/h3-11H,1-2H3,(H,20,23). The third-order valence-corrected chi connectivity index (χ3v) is 3.54. The van der Waals surface area contributed by atoms with Gasteiger partial charge >= 0.3 is 11.8 Å². The van der Waals surface area contributed by atoms with Crippen molar-refractivity contribution in [1.29, 1.82) is 0 Å². The topological polar surface area (TPSA) is 68.0 Å². The van der Waals surface area contributed by atoms with Gasteiger partial charge in [0.15, 0.2) is 0 Å². The first-order chi connectivity index (χ1) is 11.5. The van der Waals surface area contributed by atoms with Crippen molar-refractivity contribution in [3.63, 3.8) is 0 Å². The second-order valence-corrected chi connectivity index (χ2v) is 5.62. The number of hydrogen-bond acceptors (Lipinski definition) is 4. The number of hydrogen-bond donors (Lipinski definition) is 1. The minimum atomic E-state index is -0.482. The van der Waals surface area contributed by atoms with Crippen LogP contribution in [0, 0.1) is 5.82 Å². The lowest BCUT2D eigenvalue weighted by Crippen LogP contribution is -2.14. The van der Waals surface area contributed by atoms with Gasteiger partial charge < -0.3 is 9.73 Å². The number of rotatable bonds is 4. The summed E-state index contributed by atoms with van der Waals surface area (Å²) in [6, 6.07) is 13.2. The zero-order chi connectivity index (χ0) is 17.1. The molecule has 0 radical (unpaired) electrons. The summed E-state index contributed by atoms with van der Waals surface area (Å²) < 4.78 is 18.3. The number of para-hydroxylation sites is 1. The van der Waals surface area contributed by atoms with Crippen molar-refractivity contribution in [2.24, 2.45) is 0 Å². The van der Waals surface area contributed by atoms with Crippen molar-refractivity contribution >= 4 is 11.6 Å². The Hall–Kier alpha value is -3.02. The van der Waals surface area contributed by atoms with Gasteiger partial charge in [-0.25, -0.2) is 4.39 Å². The third kappa shape index (κ3) is 3.32. The van der Waals surface area contributed by atoms with Gasteiger partial charge in [-0.15, -0.1) is 10.2 Å². The molecule has 0 saturated carbocycles. The van der Waals surface area contributed by atoms with E-state index in [-0.39, 0.29) is 23.5 Å². The molecule has 0 aliphatic carbocycles. The maximum absolute atomic E-state index is 13.0. The van der Waals surface area contributed by atoms with Gasteiger partial charge in [-0.2, -0.15) is 0 Å². The molecule has 0 saturated heterocycles. The van der Waals surface area contributed by atoms with Crippen molar-refractivity contribution in [1.82, 2.24) is 10.2 Å². The van der Waals surface area contributed by atoms with E-state index >= 15 is 0 Å². The zero-order valence-corrected chi connectivity index (χ0v) is 13.3. The predicted molar refractivity (Wildman–Crippen MR) is 88.2 cm³/mol. The Bertz CT molecular complexity index is 857. The SMILES string of the molecule is CC(C)c1ccccc1NC(=O)c1nnc(-c2ccc(F)cc2)o1. The van der Waals surface area contributed by atoms with Crippen LogP contribution >= 0.6 is 0 Å². The van der Waals surface area contributed by atoms with Crippen LogP contribution in [0.5, 0.6) is 0 Å². The van der Waals surface area contributed by atoms with Crippen molar-refractivity contribution in [3.8, 4) is 11.5 Å². The summed E-state index contributed by atoms with van der Waals surface area (Å²) in [6.07, 6.45) is 0. The number of halogens is 1. The molecule has 122 valence electrons. The molecule has 3 rings (SSSR count). The van der Waals surface area contributed by atoms with E-state index in [2.05, 4.69) is 15.5 Å². The molecule has 3 aromatic rings. The van der Waals surface area contributed by atoms with Crippen molar-refractivity contribution in [2.75, 3.05) is 5.32 Å². The average molecular weight is 325 g/mol. The maximum Gasteiger partial charge on any atom is 0.313 e. The minimum Gasteiger partial charge on any atom is -0.412 e. The summed E-state index contributed by atoms with van der Waals surface area (Å²) in [6.45, 7) is 4.09. The van der Waals surface area contributed by atoms with E-state index in [0.717, 1.165) is 5.56 Å². The molecular weight excluding hydrogens is 309 g/mol. The third-order valence-electron chi connectivity index (χ3n) is 3.54. The Morgan fingerprint density at radius 3 is 2.50 bits per heavy atom. The van der Waals surface area contributed by atoms with E-state index in [1.165, 1.54) is 24.3 Å². The summed E-state index contributed by atoms with van der Waals surface area (Å²) in [4.78, 5) is 12.3. The first-order valence-electron chi connectivity index (χ1n) is 7.54. The quantitative estimate of drug-likeness (QED) is 0.778. The number of amides is 1. The minimum absolute atomic E-state index is 0.145. The second-order valence-electron chi connectivity index (χ2n) is 5.62. The van der Waals surface area contributed by atoms with Crippen LogP contribution in [-0.2, 0) is 0 Å². The van der Waals surface area contributed by atoms with E-state index in [1.807, 2.05) is 38.1 Å². The molecule has 24 heavy (non-hydrogen) atoms. The smallest absolute Gasteiger partial charge is 0.313 e. The van der Waals surface area contributed by atoms with Crippen LogP contribution in [0.25, 0.3) is 11.5 Å². The van der Waals surface area contributed by atoms with Gasteiger partial charge in [0.25, 0.3) is 0 Å². The molecule has 0 aliphatic rings.